The molecule has 1 amide bonds. The van der Waals surface area contributed by atoms with Crippen LogP contribution in [0.3, 0.4) is 0 Å². The SMILES string of the molecule is O=C(CO)NCc1nc2c(-c3ccccc3)c(-c3ccccc3)[nH]n2c(=O)c1-c1ccc2ncccc2c1. The summed E-state index contributed by atoms with van der Waals surface area (Å²) in [5.74, 6) is -0.553. The number of hydrogen-bond acceptors (Lipinski definition) is 5. The molecule has 3 heterocycles. The molecule has 0 atom stereocenters. The largest absolute Gasteiger partial charge is 0.387 e. The van der Waals surface area contributed by atoms with Crippen LogP contribution >= 0.6 is 0 Å². The molecule has 0 saturated heterocycles. The number of H-pyrrole nitrogens is 1. The monoisotopic (exact) mass is 501 g/mol. The molecule has 3 N–H and O–H groups in total. The molecule has 0 unspecified atom stereocenters. The van der Waals surface area contributed by atoms with E-state index in [-0.39, 0.29) is 12.1 Å². The smallest absolute Gasteiger partial charge is 0.280 e. The minimum absolute atomic E-state index is 0.0222. The minimum atomic E-state index is -0.657. The quantitative estimate of drug-likeness (QED) is 0.317. The second-order valence-corrected chi connectivity index (χ2v) is 8.84. The number of carbonyl (C=O) groups is 1. The van der Waals surface area contributed by atoms with E-state index < -0.39 is 12.5 Å². The van der Waals surface area contributed by atoms with E-state index >= 15 is 0 Å². The summed E-state index contributed by atoms with van der Waals surface area (Å²) in [4.78, 5) is 35.4. The first kappa shape index (κ1) is 23.3. The van der Waals surface area contributed by atoms with Crippen molar-refractivity contribution >= 4 is 22.5 Å². The van der Waals surface area contributed by atoms with E-state index in [1.54, 1.807) is 6.20 Å². The number of hydrogen-bond donors (Lipinski definition) is 3. The molecule has 3 aromatic heterocycles. The molecule has 0 fully saturated rings. The maximum absolute atomic E-state index is 14.1. The lowest BCUT2D eigenvalue weighted by atomic mass is 10.0. The number of aliphatic hydroxyl groups is 1. The fourth-order valence-corrected chi connectivity index (χ4v) is 4.70. The average Bonchev–Trinajstić information content (AvgIpc) is 3.36. The Balaban J connectivity index is 1.66. The lowest BCUT2D eigenvalue weighted by Gasteiger charge is -2.11. The number of carbonyl (C=O) groups excluding carboxylic acids is 1. The Labute approximate surface area is 217 Å². The van der Waals surface area contributed by atoms with E-state index in [2.05, 4.69) is 15.4 Å². The van der Waals surface area contributed by atoms with Gasteiger partial charge in [0.1, 0.15) is 6.61 Å². The molecule has 0 spiro atoms. The first-order valence-electron chi connectivity index (χ1n) is 12.1. The first-order chi connectivity index (χ1) is 18.6. The molecule has 0 aliphatic carbocycles. The van der Waals surface area contributed by atoms with Gasteiger partial charge in [-0.2, -0.15) is 4.52 Å². The van der Waals surface area contributed by atoms with Crippen molar-refractivity contribution in [1.29, 1.82) is 0 Å². The highest BCUT2D eigenvalue weighted by atomic mass is 16.3. The van der Waals surface area contributed by atoms with Crippen LogP contribution in [-0.4, -0.2) is 37.2 Å². The van der Waals surface area contributed by atoms with Gasteiger partial charge < -0.3 is 10.4 Å². The van der Waals surface area contributed by atoms with Gasteiger partial charge in [0, 0.05) is 17.1 Å². The van der Waals surface area contributed by atoms with E-state index in [9.17, 15) is 14.7 Å². The standard InChI is InChI=1S/C30H23N5O3/c36-18-25(37)32-17-24-26(22-13-14-23-21(16-22)12-7-15-31-23)30(38)35-29(33-24)27(19-8-3-1-4-9-19)28(34-35)20-10-5-2-6-11-20/h1-16,34,36H,17-18H2,(H,32,37). The van der Waals surface area contributed by atoms with Crippen LogP contribution in [0.15, 0.2) is 102 Å². The number of benzene rings is 3. The van der Waals surface area contributed by atoms with Crippen LogP contribution < -0.4 is 10.9 Å². The fourth-order valence-electron chi connectivity index (χ4n) is 4.70. The third-order valence-electron chi connectivity index (χ3n) is 6.47. The van der Waals surface area contributed by atoms with Crippen molar-refractivity contribution in [3.63, 3.8) is 0 Å². The number of aliphatic hydroxyl groups excluding tert-OH is 1. The zero-order valence-corrected chi connectivity index (χ0v) is 20.3. The van der Waals surface area contributed by atoms with Crippen molar-refractivity contribution in [3.05, 3.63) is 113 Å². The van der Waals surface area contributed by atoms with Crippen LogP contribution in [0.4, 0.5) is 0 Å². The highest BCUT2D eigenvalue weighted by molar-refractivity contribution is 5.91. The lowest BCUT2D eigenvalue weighted by Crippen LogP contribution is -2.28. The lowest BCUT2D eigenvalue weighted by molar-refractivity contribution is -0.123. The van der Waals surface area contributed by atoms with E-state index in [1.165, 1.54) is 4.52 Å². The Hall–Kier alpha value is -5.08. The number of aromatic nitrogens is 4. The van der Waals surface area contributed by atoms with Crippen LogP contribution in [0.2, 0.25) is 0 Å². The predicted octanol–water partition coefficient (Wildman–Crippen LogP) is 4.18. The Kier molecular flexibility index (Phi) is 5.99. The molecule has 8 heteroatoms. The van der Waals surface area contributed by atoms with Gasteiger partial charge in [-0.15, -0.1) is 0 Å². The van der Waals surface area contributed by atoms with E-state index in [1.807, 2.05) is 91.0 Å². The van der Waals surface area contributed by atoms with Crippen molar-refractivity contribution in [2.24, 2.45) is 0 Å². The summed E-state index contributed by atoms with van der Waals surface area (Å²) in [6.07, 6.45) is 1.72. The van der Waals surface area contributed by atoms with Crippen LogP contribution in [0, 0.1) is 0 Å². The number of nitrogens with zero attached hydrogens (tertiary/aromatic N) is 3. The van der Waals surface area contributed by atoms with Gasteiger partial charge >= 0.3 is 0 Å². The molecule has 0 saturated carbocycles. The Bertz CT molecular complexity index is 1840. The van der Waals surface area contributed by atoms with Gasteiger partial charge in [0.25, 0.3) is 5.56 Å². The fraction of sp³-hybridized carbons (Fsp3) is 0.0667. The first-order valence-corrected chi connectivity index (χ1v) is 12.1. The van der Waals surface area contributed by atoms with E-state index in [0.29, 0.717) is 22.5 Å². The average molecular weight is 502 g/mol. The third-order valence-corrected chi connectivity index (χ3v) is 6.47. The van der Waals surface area contributed by atoms with E-state index in [4.69, 9.17) is 4.98 Å². The third kappa shape index (κ3) is 4.12. The number of fused-ring (bicyclic) bond motifs is 2. The van der Waals surface area contributed by atoms with Gasteiger partial charge in [0.2, 0.25) is 5.91 Å². The predicted molar refractivity (Wildman–Crippen MR) is 146 cm³/mol. The molecule has 6 aromatic rings. The minimum Gasteiger partial charge on any atom is -0.387 e. The summed E-state index contributed by atoms with van der Waals surface area (Å²) < 4.78 is 1.46. The topological polar surface area (TPSA) is 112 Å². The van der Waals surface area contributed by atoms with Gasteiger partial charge in [0.15, 0.2) is 5.65 Å². The summed E-state index contributed by atoms with van der Waals surface area (Å²) in [7, 11) is 0. The van der Waals surface area contributed by atoms with Crippen LogP contribution in [0.25, 0.3) is 50.1 Å². The van der Waals surface area contributed by atoms with Crippen molar-refractivity contribution in [3.8, 4) is 33.5 Å². The zero-order valence-electron chi connectivity index (χ0n) is 20.3. The molecule has 0 aliphatic rings. The van der Waals surface area contributed by atoms with Gasteiger partial charge in [-0.05, 0) is 29.3 Å². The Morgan fingerprint density at radius 3 is 2.34 bits per heavy atom. The van der Waals surface area contributed by atoms with Crippen molar-refractivity contribution in [1.82, 2.24) is 24.9 Å². The van der Waals surface area contributed by atoms with Gasteiger partial charge in [-0.25, -0.2) is 4.98 Å². The van der Waals surface area contributed by atoms with Crippen LogP contribution in [0.5, 0.6) is 0 Å². The van der Waals surface area contributed by atoms with Crippen molar-refractivity contribution in [2.45, 2.75) is 6.54 Å². The second kappa shape index (κ2) is 9.76. The molecule has 3 aromatic carbocycles. The van der Waals surface area contributed by atoms with E-state index in [0.717, 1.165) is 33.3 Å². The number of aromatic amines is 1. The highest BCUT2D eigenvalue weighted by Crippen LogP contribution is 2.35. The summed E-state index contributed by atoms with van der Waals surface area (Å²) in [5.41, 5.74) is 5.69. The zero-order chi connectivity index (χ0) is 26.1. The summed E-state index contributed by atoms with van der Waals surface area (Å²) >= 11 is 0. The molecule has 186 valence electrons. The number of rotatable bonds is 6. The number of pyridine rings is 1. The molecule has 0 radical (unpaired) electrons. The Morgan fingerprint density at radius 1 is 0.868 bits per heavy atom. The van der Waals surface area contributed by atoms with Crippen molar-refractivity contribution in [2.75, 3.05) is 6.61 Å². The molecular formula is C30H23N5O3. The molecule has 0 bridgehead atoms. The van der Waals surface area contributed by atoms with Gasteiger partial charge in [-0.3, -0.25) is 19.7 Å². The number of amides is 1. The summed E-state index contributed by atoms with van der Waals surface area (Å²) in [6.45, 7) is -0.679. The highest BCUT2D eigenvalue weighted by Gasteiger charge is 2.23. The Morgan fingerprint density at radius 2 is 1.61 bits per heavy atom. The summed E-state index contributed by atoms with van der Waals surface area (Å²) in [6, 6.07) is 28.9. The van der Waals surface area contributed by atoms with Crippen LogP contribution in [0.1, 0.15) is 5.69 Å². The molecular weight excluding hydrogens is 478 g/mol. The summed E-state index contributed by atoms with van der Waals surface area (Å²) in [5, 5.41) is 16.1. The number of nitrogens with one attached hydrogen (secondary N) is 2. The molecule has 8 nitrogen and oxygen atoms in total. The molecule has 38 heavy (non-hydrogen) atoms. The van der Waals surface area contributed by atoms with Gasteiger partial charge in [-0.1, -0.05) is 72.8 Å². The maximum atomic E-state index is 14.1. The second-order valence-electron chi connectivity index (χ2n) is 8.84. The van der Waals surface area contributed by atoms with Gasteiger partial charge in [0.05, 0.1) is 34.6 Å². The van der Waals surface area contributed by atoms with Crippen LogP contribution in [-0.2, 0) is 11.3 Å². The molecule has 6 rings (SSSR count). The van der Waals surface area contributed by atoms with Crippen molar-refractivity contribution < 1.29 is 9.90 Å². The maximum Gasteiger partial charge on any atom is 0.280 e. The normalized spacial score (nSPS) is 11.2. The molecule has 0 aliphatic heterocycles.